The Kier molecular flexibility index (Phi) is 9.09. The molecule has 1 amide bonds. The number of amides is 1. The molecule has 38 heavy (non-hydrogen) atoms. The Morgan fingerprint density at radius 3 is 2.05 bits per heavy atom. The van der Waals surface area contributed by atoms with Crippen molar-refractivity contribution in [2.75, 3.05) is 38.1 Å². The summed E-state index contributed by atoms with van der Waals surface area (Å²) in [6.07, 6.45) is 5.06. The van der Waals surface area contributed by atoms with E-state index in [0.717, 1.165) is 44.6 Å². The van der Waals surface area contributed by atoms with Gasteiger partial charge in [0.2, 0.25) is 20.0 Å². The number of anilines is 1. The number of halogens is 1. The summed E-state index contributed by atoms with van der Waals surface area (Å²) in [5.41, 5.74) is 0.179. The van der Waals surface area contributed by atoms with E-state index in [4.69, 9.17) is 16.3 Å². The summed E-state index contributed by atoms with van der Waals surface area (Å²) in [4.78, 5) is 24.9. The second kappa shape index (κ2) is 12.1. The zero-order valence-electron chi connectivity index (χ0n) is 20.8. The predicted molar refractivity (Wildman–Crippen MR) is 142 cm³/mol. The van der Waals surface area contributed by atoms with Crippen molar-refractivity contribution in [1.29, 1.82) is 0 Å². The molecule has 2 aliphatic rings. The van der Waals surface area contributed by atoms with Crippen LogP contribution in [0.3, 0.4) is 0 Å². The predicted octanol–water partition coefficient (Wildman–Crippen LogP) is 3.48. The van der Waals surface area contributed by atoms with Gasteiger partial charge in [-0.15, -0.1) is 0 Å². The Bertz CT molecular complexity index is 1400. The monoisotopic (exact) mass is 583 g/mol. The van der Waals surface area contributed by atoms with Crippen molar-refractivity contribution < 1.29 is 31.2 Å². The normalized spacial score (nSPS) is 17.6. The quantitative estimate of drug-likeness (QED) is 0.471. The second-order valence-electron chi connectivity index (χ2n) is 9.23. The van der Waals surface area contributed by atoms with E-state index in [1.54, 1.807) is 0 Å². The number of hydrogen-bond donors (Lipinski definition) is 1. The average Bonchev–Trinajstić information content (AvgIpc) is 2.93. The van der Waals surface area contributed by atoms with E-state index in [9.17, 15) is 26.4 Å². The van der Waals surface area contributed by atoms with E-state index in [1.165, 1.54) is 45.0 Å². The van der Waals surface area contributed by atoms with Crippen LogP contribution in [0.5, 0.6) is 0 Å². The lowest BCUT2D eigenvalue weighted by atomic mass is 10.2. The van der Waals surface area contributed by atoms with Gasteiger partial charge in [0, 0.05) is 31.9 Å². The lowest BCUT2D eigenvalue weighted by Gasteiger charge is -2.26. The van der Waals surface area contributed by atoms with Crippen LogP contribution in [0.4, 0.5) is 5.69 Å². The molecule has 2 aromatic rings. The molecule has 1 N–H and O–H groups in total. The van der Waals surface area contributed by atoms with Gasteiger partial charge < -0.3 is 10.1 Å². The highest BCUT2D eigenvalue weighted by atomic mass is 35.5. The fraction of sp³-hybridized carbons (Fsp3) is 0.440. The number of carbonyl (C=O) groups is 2. The third kappa shape index (κ3) is 6.55. The Labute approximate surface area is 228 Å². The SMILES string of the molecule is O=C(COC(=O)c1ccc(Cl)c(S(=O)(=O)N2CCCCC2)c1)Nc1cccc(S(=O)(=O)N2CCCCC2)c1. The number of esters is 1. The smallest absolute Gasteiger partial charge is 0.338 e. The van der Waals surface area contributed by atoms with Crippen molar-refractivity contribution in [1.82, 2.24) is 8.61 Å². The maximum Gasteiger partial charge on any atom is 0.338 e. The molecule has 4 rings (SSSR count). The number of benzene rings is 2. The molecule has 2 fully saturated rings. The zero-order chi connectivity index (χ0) is 27.3. The van der Waals surface area contributed by atoms with Crippen LogP contribution in [0.15, 0.2) is 52.3 Å². The molecule has 2 saturated heterocycles. The van der Waals surface area contributed by atoms with Crippen LogP contribution in [-0.4, -0.2) is 70.1 Å². The van der Waals surface area contributed by atoms with E-state index in [1.807, 2.05) is 0 Å². The molecule has 0 saturated carbocycles. The minimum atomic E-state index is -3.88. The van der Waals surface area contributed by atoms with Gasteiger partial charge >= 0.3 is 5.97 Å². The molecule has 0 aromatic heterocycles. The summed E-state index contributed by atoms with van der Waals surface area (Å²) >= 11 is 6.15. The number of carbonyl (C=O) groups excluding carboxylic acids is 2. The number of rotatable bonds is 8. The van der Waals surface area contributed by atoms with Crippen molar-refractivity contribution in [3.05, 3.63) is 53.1 Å². The Morgan fingerprint density at radius 2 is 1.42 bits per heavy atom. The molecule has 13 heteroatoms. The lowest BCUT2D eigenvalue weighted by molar-refractivity contribution is -0.119. The number of piperidine rings is 2. The number of nitrogens with one attached hydrogen (secondary N) is 1. The molecule has 0 bridgehead atoms. The molecular formula is C25H30ClN3O7S2. The summed E-state index contributed by atoms with van der Waals surface area (Å²) in [5.74, 6) is -1.57. The van der Waals surface area contributed by atoms with Gasteiger partial charge in [0.15, 0.2) is 6.61 Å². The first-order valence-electron chi connectivity index (χ1n) is 12.5. The summed E-state index contributed by atoms with van der Waals surface area (Å²) in [6, 6.07) is 9.68. The van der Waals surface area contributed by atoms with Crippen molar-refractivity contribution in [3.8, 4) is 0 Å². The molecule has 2 heterocycles. The van der Waals surface area contributed by atoms with Gasteiger partial charge in [-0.05, 0) is 62.1 Å². The molecule has 0 radical (unpaired) electrons. The van der Waals surface area contributed by atoms with Gasteiger partial charge in [-0.25, -0.2) is 21.6 Å². The zero-order valence-corrected chi connectivity index (χ0v) is 23.2. The summed E-state index contributed by atoms with van der Waals surface area (Å²) < 4.78 is 59.7. The van der Waals surface area contributed by atoms with Gasteiger partial charge in [0.25, 0.3) is 5.91 Å². The average molecular weight is 584 g/mol. The van der Waals surface area contributed by atoms with E-state index in [0.29, 0.717) is 26.2 Å². The van der Waals surface area contributed by atoms with Crippen LogP contribution < -0.4 is 5.32 Å². The second-order valence-corrected chi connectivity index (χ2v) is 13.5. The number of hydrogen-bond acceptors (Lipinski definition) is 7. The van der Waals surface area contributed by atoms with Gasteiger partial charge in [0.1, 0.15) is 4.90 Å². The first-order valence-corrected chi connectivity index (χ1v) is 15.7. The van der Waals surface area contributed by atoms with Crippen molar-refractivity contribution >= 4 is 49.2 Å². The fourth-order valence-electron chi connectivity index (χ4n) is 4.47. The molecule has 0 spiro atoms. The standard InChI is InChI=1S/C25H30ClN3O7S2/c26-22-11-10-19(16-23(22)38(34,35)29-14-5-2-6-15-29)25(31)36-18-24(30)27-20-8-7-9-21(17-20)37(32,33)28-12-3-1-4-13-28/h7-11,16-17H,1-6,12-15,18H2,(H,27,30). The summed E-state index contributed by atoms with van der Waals surface area (Å²) in [5, 5.41) is 2.52. The van der Waals surface area contributed by atoms with Gasteiger partial charge in [-0.3, -0.25) is 4.79 Å². The first kappa shape index (κ1) is 28.5. The van der Waals surface area contributed by atoms with E-state index in [2.05, 4.69) is 5.32 Å². The molecule has 0 aliphatic carbocycles. The third-order valence-electron chi connectivity index (χ3n) is 6.50. The topological polar surface area (TPSA) is 130 Å². The molecule has 0 atom stereocenters. The fourth-order valence-corrected chi connectivity index (χ4v) is 8.05. The van der Waals surface area contributed by atoms with Crippen LogP contribution in [0.25, 0.3) is 0 Å². The number of ether oxygens (including phenoxy) is 1. The maximum absolute atomic E-state index is 13.0. The van der Waals surface area contributed by atoms with Gasteiger partial charge in [0.05, 0.1) is 15.5 Å². The number of sulfonamides is 2. The lowest BCUT2D eigenvalue weighted by Crippen LogP contribution is -2.35. The van der Waals surface area contributed by atoms with E-state index < -0.39 is 38.5 Å². The van der Waals surface area contributed by atoms with Crippen molar-refractivity contribution in [3.63, 3.8) is 0 Å². The Morgan fingerprint density at radius 1 is 0.816 bits per heavy atom. The molecule has 2 aromatic carbocycles. The molecule has 0 unspecified atom stereocenters. The van der Waals surface area contributed by atoms with Gasteiger partial charge in [-0.2, -0.15) is 8.61 Å². The molecule has 2 aliphatic heterocycles. The summed E-state index contributed by atoms with van der Waals surface area (Å²) in [7, 11) is -7.56. The minimum absolute atomic E-state index is 0.00995. The molecule has 10 nitrogen and oxygen atoms in total. The van der Waals surface area contributed by atoms with Crippen LogP contribution >= 0.6 is 11.6 Å². The van der Waals surface area contributed by atoms with Crippen LogP contribution in [0, 0.1) is 0 Å². The van der Waals surface area contributed by atoms with Crippen molar-refractivity contribution in [2.45, 2.75) is 48.3 Å². The molecular weight excluding hydrogens is 554 g/mol. The highest BCUT2D eigenvalue weighted by molar-refractivity contribution is 7.89. The Hall–Kier alpha value is -2.51. The highest BCUT2D eigenvalue weighted by Crippen LogP contribution is 2.28. The largest absolute Gasteiger partial charge is 0.452 e. The minimum Gasteiger partial charge on any atom is -0.452 e. The molecule has 206 valence electrons. The van der Waals surface area contributed by atoms with Gasteiger partial charge in [-0.1, -0.05) is 30.5 Å². The highest BCUT2D eigenvalue weighted by Gasteiger charge is 2.29. The Balaban J connectivity index is 1.39. The van der Waals surface area contributed by atoms with Crippen molar-refractivity contribution in [2.24, 2.45) is 0 Å². The number of nitrogens with zero attached hydrogens (tertiary/aromatic N) is 2. The van der Waals surface area contributed by atoms with Crippen LogP contribution in [0.1, 0.15) is 48.9 Å². The van der Waals surface area contributed by atoms with E-state index in [-0.39, 0.29) is 26.1 Å². The van der Waals surface area contributed by atoms with Crippen LogP contribution in [0.2, 0.25) is 5.02 Å². The first-order chi connectivity index (χ1) is 18.1. The summed E-state index contributed by atoms with van der Waals surface area (Å²) in [6.45, 7) is 1.03. The van der Waals surface area contributed by atoms with E-state index >= 15 is 0 Å². The maximum atomic E-state index is 13.0. The van der Waals surface area contributed by atoms with Crippen LogP contribution in [-0.2, 0) is 29.6 Å². The third-order valence-corrected chi connectivity index (χ3v) is 10.8.